The van der Waals surface area contributed by atoms with Gasteiger partial charge < -0.3 is 5.11 Å². The van der Waals surface area contributed by atoms with E-state index in [1.807, 2.05) is 0 Å². The van der Waals surface area contributed by atoms with E-state index < -0.39 is 16.4 Å². The molecule has 94 valence electrons. The van der Waals surface area contributed by atoms with Crippen molar-refractivity contribution < 1.29 is 14.8 Å². The van der Waals surface area contributed by atoms with Gasteiger partial charge in [0, 0.05) is 18.0 Å². The van der Waals surface area contributed by atoms with Gasteiger partial charge in [0.05, 0.1) is 4.92 Å². The Balaban J connectivity index is 2.77. The molecule has 0 bridgehead atoms. The van der Waals surface area contributed by atoms with Crippen LogP contribution in [-0.2, 0) is 11.3 Å². The van der Waals surface area contributed by atoms with Crippen molar-refractivity contribution in [1.82, 2.24) is 4.90 Å². The van der Waals surface area contributed by atoms with Crippen molar-refractivity contribution in [1.29, 1.82) is 0 Å². The Labute approximate surface area is 103 Å². The van der Waals surface area contributed by atoms with Crippen molar-refractivity contribution in [2.75, 3.05) is 7.05 Å². The maximum atomic E-state index is 11.0. The smallest absolute Gasteiger partial charge is 0.324 e. The molecule has 0 aromatic carbocycles. The number of likely N-dealkylation sites (N-methyl/N-ethyl adjacent to an activating group) is 1. The molecule has 0 fully saturated rings. The van der Waals surface area contributed by atoms with Crippen molar-refractivity contribution in [3.8, 4) is 0 Å². The summed E-state index contributed by atoms with van der Waals surface area (Å²) in [5.41, 5.74) is -0.255. The lowest BCUT2D eigenvalue weighted by molar-refractivity contribution is -0.380. The second kappa shape index (κ2) is 4.80. The molecule has 0 unspecified atom stereocenters. The highest BCUT2D eigenvalue weighted by atomic mass is 32.1. The van der Waals surface area contributed by atoms with Gasteiger partial charge in [-0.2, -0.15) is 0 Å². The number of rotatable bonds is 5. The molecule has 7 heteroatoms. The minimum Gasteiger partial charge on any atom is -0.480 e. The number of carbonyl (C=O) groups is 1. The van der Waals surface area contributed by atoms with Crippen LogP contribution in [0.15, 0.2) is 11.4 Å². The second-order valence-corrected chi connectivity index (χ2v) is 5.16. The van der Waals surface area contributed by atoms with Gasteiger partial charge in [0.25, 0.3) is 0 Å². The van der Waals surface area contributed by atoms with Crippen LogP contribution in [0.3, 0.4) is 0 Å². The van der Waals surface area contributed by atoms with E-state index >= 15 is 0 Å². The number of carboxylic acids is 1. The van der Waals surface area contributed by atoms with E-state index in [0.29, 0.717) is 6.54 Å². The van der Waals surface area contributed by atoms with Gasteiger partial charge in [0.15, 0.2) is 0 Å². The van der Waals surface area contributed by atoms with Crippen LogP contribution in [0, 0.1) is 10.1 Å². The van der Waals surface area contributed by atoms with Crippen LogP contribution in [0.2, 0.25) is 0 Å². The molecular weight excluding hydrogens is 244 g/mol. The second-order valence-electron chi connectivity index (χ2n) is 4.27. The fraction of sp³-hybridized carbons (Fsp3) is 0.500. The summed E-state index contributed by atoms with van der Waals surface area (Å²) in [5.74, 6) is -0.926. The van der Waals surface area contributed by atoms with Crippen LogP contribution in [-0.4, -0.2) is 33.5 Å². The van der Waals surface area contributed by atoms with Gasteiger partial charge in [-0.05, 0) is 26.5 Å². The number of carboxylic acid groups (broad SMARTS) is 1. The predicted molar refractivity (Wildman–Crippen MR) is 64.2 cm³/mol. The fourth-order valence-corrected chi connectivity index (χ4v) is 1.90. The van der Waals surface area contributed by atoms with E-state index in [4.69, 9.17) is 5.11 Å². The van der Waals surface area contributed by atoms with E-state index in [1.54, 1.807) is 31.2 Å². The summed E-state index contributed by atoms with van der Waals surface area (Å²) in [4.78, 5) is 22.7. The molecule has 0 spiro atoms. The summed E-state index contributed by atoms with van der Waals surface area (Å²) < 4.78 is 0. The van der Waals surface area contributed by atoms with Crippen molar-refractivity contribution in [2.45, 2.75) is 25.9 Å². The molecule has 1 rings (SSSR count). The fourth-order valence-electron chi connectivity index (χ4n) is 1.18. The minimum absolute atomic E-state index is 0.0709. The molecule has 0 saturated carbocycles. The number of hydrogen-bond acceptors (Lipinski definition) is 5. The summed E-state index contributed by atoms with van der Waals surface area (Å²) >= 11 is 1.05. The monoisotopic (exact) mass is 258 g/mol. The van der Waals surface area contributed by atoms with Crippen LogP contribution in [0.1, 0.15) is 19.4 Å². The highest BCUT2D eigenvalue weighted by Crippen LogP contribution is 2.25. The quantitative estimate of drug-likeness (QED) is 0.644. The van der Waals surface area contributed by atoms with Crippen LogP contribution >= 0.6 is 11.3 Å². The van der Waals surface area contributed by atoms with Gasteiger partial charge in [-0.15, -0.1) is 0 Å². The number of hydrogen-bond donors (Lipinski definition) is 1. The first kappa shape index (κ1) is 13.6. The van der Waals surface area contributed by atoms with Crippen LogP contribution in [0.4, 0.5) is 5.00 Å². The molecule has 1 aromatic rings. The molecule has 0 saturated heterocycles. The zero-order valence-corrected chi connectivity index (χ0v) is 10.7. The van der Waals surface area contributed by atoms with Gasteiger partial charge >= 0.3 is 11.0 Å². The lowest BCUT2D eigenvalue weighted by Crippen LogP contribution is -2.47. The first-order chi connectivity index (χ1) is 7.75. The first-order valence-electron chi connectivity index (χ1n) is 4.91. The number of aliphatic carboxylic acids is 1. The lowest BCUT2D eigenvalue weighted by Gasteiger charge is -2.31. The van der Waals surface area contributed by atoms with Gasteiger partial charge in [0.1, 0.15) is 5.54 Å². The molecule has 0 aliphatic rings. The Kier molecular flexibility index (Phi) is 3.84. The Morgan fingerprint density at radius 1 is 1.65 bits per heavy atom. The molecule has 1 N–H and O–H groups in total. The molecule has 0 aliphatic carbocycles. The number of nitro groups is 1. The van der Waals surface area contributed by atoms with E-state index in [1.165, 1.54) is 6.07 Å². The van der Waals surface area contributed by atoms with E-state index in [2.05, 4.69) is 0 Å². The lowest BCUT2D eigenvalue weighted by atomic mass is 10.0. The predicted octanol–water partition coefficient (Wildman–Crippen LogP) is 1.95. The van der Waals surface area contributed by atoms with Crippen molar-refractivity contribution in [3.63, 3.8) is 0 Å². The normalized spacial score (nSPS) is 11.8. The van der Waals surface area contributed by atoms with Crippen LogP contribution in [0.25, 0.3) is 0 Å². The standard InChI is InChI=1S/C10H14N2O4S/c1-10(2,9(13)14)11(3)5-7-4-8(12(15)16)17-6-7/h4,6H,5H2,1-3H3,(H,13,14). The number of nitrogens with zero attached hydrogens (tertiary/aromatic N) is 2. The molecular formula is C10H14N2O4S. The molecule has 0 aliphatic heterocycles. The number of thiophene rings is 1. The van der Waals surface area contributed by atoms with E-state index in [0.717, 1.165) is 16.9 Å². The maximum absolute atomic E-state index is 11.0. The van der Waals surface area contributed by atoms with Gasteiger partial charge in [-0.25, -0.2) is 0 Å². The van der Waals surface area contributed by atoms with E-state index in [-0.39, 0.29) is 5.00 Å². The third-order valence-corrected chi connectivity index (χ3v) is 3.65. The highest BCUT2D eigenvalue weighted by Gasteiger charge is 2.32. The van der Waals surface area contributed by atoms with Gasteiger partial charge in [-0.3, -0.25) is 19.8 Å². The molecule has 6 nitrogen and oxygen atoms in total. The third-order valence-electron chi connectivity index (χ3n) is 2.72. The molecule has 0 amide bonds. The zero-order valence-electron chi connectivity index (χ0n) is 9.84. The van der Waals surface area contributed by atoms with Gasteiger partial charge in [-0.1, -0.05) is 11.3 Å². The Bertz CT molecular complexity index is 441. The van der Waals surface area contributed by atoms with Gasteiger partial charge in [0.2, 0.25) is 0 Å². The first-order valence-corrected chi connectivity index (χ1v) is 5.79. The molecule has 0 atom stereocenters. The Morgan fingerprint density at radius 2 is 2.24 bits per heavy atom. The van der Waals surface area contributed by atoms with Crippen LogP contribution < -0.4 is 0 Å². The van der Waals surface area contributed by atoms with E-state index in [9.17, 15) is 14.9 Å². The van der Waals surface area contributed by atoms with Crippen LogP contribution in [0.5, 0.6) is 0 Å². The molecule has 1 heterocycles. The SMILES string of the molecule is CN(Cc1csc([N+](=O)[O-])c1)C(C)(C)C(=O)O. The average Bonchev–Trinajstić information content (AvgIpc) is 2.65. The zero-order chi connectivity index (χ0) is 13.2. The Hall–Kier alpha value is -1.47. The van der Waals surface area contributed by atoms with Crippen molar-refractivity contribution in [3.05, 3.63) is 27.1 Å². The summed E-state index contributed by atoms with van der Waals surface area (Å²) in [6, 6.07) is 1.47. The average molecular weight is 258 g/mol. The van der Waals surface area contributed by atoms with Crippen molar-refractivity contribution >= 4 is 22.3 Å². The maximum Gasteiger partial charge on any atom is 0.324 e. The molecule has 1 aromatic heterocycles. The Morgan fingerprint density at radius 3 is 2.65 bits per heavy atom. The summed E-state index contributed by atoms with van der Waals surface area (Å²) in [7, 11) is 1.68. The third kappa shape index (κ3) is 3.01. The topological polar surface area (TPSA) is 83.7 Å². The minimum atomic E-state index is -1.00. The summed E-state index contributed by atoms with van der Waals surface area (Å²) in [6.45, 7) is 3.55. The summed E-state index contributed by atoms with van der Waals surface area (Å²) in [5, 5.41) is 21.3. The molecule has 17 heavy (non-hydrogen) atoms. The van der Waals surface area contributed by atoms with Crippen molar-refractivity contribution in [2.24, 2.45) is 0 Å². The summed E-state index contributed by atoms with van der Waals surface area (Å²) in [6.07, 6.45) is 0. The highest BCUT2D eigenvalue weighted by molar-refractivity contribution is 7.13. The molecule has 0 radical (unpaired) electrons. The largest absolute Gasteiger partial charge is 0.480 e.